The zero-order valence-electron chi connectivity index (χ0n) is 15.9. The van der Waals surface area contributed by atoms with E-state index >= 15 is 0 Å². The number of benzene rings is 2. The molecule has 0 saturated heterocycles. The van der Waals surface area contributed by atoms with Gasteiger partial charge in [-0.2, -0.15) is 0 Å². The molecule has 0 aliphatic carbocycles. The van der Waals surface area contributed by atoms with Crippen LogP contribution in [0.3, 0.4) is 0 Å². The molecule has 144 valence electrons. The quantitative estimate of drug-likeness (QED) is 0.605. The highest BCUT2D eigenvalue weighted by atomic mass is 32.2. The summed E-state index contributed by atoms with van der Waals surface area (Å²) in [6.07, 6.45) is 0. The molecule has 0 aliphatic heterocycles. The first-order valence-electron chi connectivity index (χ1n) is 8.64. The maximum atomic E-state index is 12.1. The van der Waals surface area contributed by atoms with Gasteiger partial charge in [0.25, 0.3) is 0 Å². The van der Waals surface area contributed by atoms with E-state index in [2.05, 4.69) is 15.5 Å². The molecule has 0 aliphatic rings. The lowest BCUT2D eigenvalue weighted by atomic mass is 10.1. The van der Waals surface area contributed by atoms with Gasteiger partial charge in [0.15, 0.2) is 11.5 Å². The highest BCUT2D eigenvalue weighted by molar-refractivity contribution is 7.99. The average molecular weight is 395 g/mol. The largest absolute Gasteiger partial charge is 0.493 e. The zero-order chi connectivity index (χ0) is 19.9. The van der Waals surface area contributed by atoms with Crippen LogP contribution in [0.25, 0.3) is 11.3 Å². The number of ether oxygens (including phenoxy) is 2. The second-order valence-electron chi connectivity index (χ2n) is 6.03. The molecule has 1 N–H and O–H groups in total. The Kier molecular flexibility index (Phi) is 6.49. The summed E-state index contributed by atoms with van der Waals surface area (Å²) in [6, 6.07) is 17.0. The summed E-state index contributed by atoms with van der Waals surface area (Å²) in [5.74, 6) is 1.47. The smallest absolute Gasteiger partial charge is 0.234 e. The number of carbonyl (C=O) groups is 1. The van der Waals surface area contributed by atoms with E-state index in [1.165, 1.54) is 11.8 Å². The van der Waals surface area contributed by atoms with Crippen LogP contribution in [-0.2, 0) is 4.79 Å². The maximum Gasteiger partial charge on any atom is 0.234 e. The highest BCUT2D eigenvalue weighted by Crippen LogP contribution is 2.31. The third-order valence-corrected chi connectivity index (χ3v) is 4.93. The number of methoxy groups -OCH3 is 2. The van der Waals surface area contributed by atoms with E-state index in [9.17, 15) is 4.79 Å². The number of hydrogen-bond donors (Lipinski definition) is 1. The number of thioether (sulfide) groups is 1. The summed E-state index contributed by atoms with van der Waals surface area (Å²) in [5.41, 5.74) is 3.52. The van der Waals surface area contributed by atoms with Crippen LogP contribution in [0.15, 0.2) is 59.6 Å². The maximum absolute atomic E-state index is 12.1. The van der Waals surface area contributed by atoms with Crippen molar-refractivity contribution in [3.8, 4) is 22.8 Å². The molecule has 0 fully saturated rings. The number of anilines is 1. The second-order valence-corrected chi connectivity index (χ2v) is 7.03. The lowest BCUT2D eigenvalue weighted by molar-refractivity contribution is -0.113. The number of nitrogens with zero attached hydrogens (tertiary/aromatic N) is 2. The number of amides is 1. The zero-order valence-corrected chi connectivity index (χ0v) is 16.7. The normalized spacial score (nSPS) is 10.4. The molecule has 0 unspecified atom stereocenters. The van der Waals surface area contributed by atoms with Gasteiger partial charge in [0.05, 0.1) is 25.7 Å². The molecule has 0 spiro atoms. The first-order valence-corrected chi connectivity index (χ1v) is 9.63. The Morgan fingerprint density at radius 1 is 0.964 bits per heavy atom. The fraction of sp³-hybridized carbons (Fsp3) is 0.190. The van der Waals surface area contributed by atoms with E-state index in [-0.39, 0.29) is 11.7 Å². The van der Waals surface area contributed by atoms with Gasteiger partial charge in [-0.05, 0) is 49.4 Å². The number of nitrogens with one attached hydrogen (secondary N) is 1. The van der Waals surface area contributed by atoms with Crippen molar-refractivity contribution in [2.75, 3.05) is 25.3 Å². The van der Waals surface area contributed by atoms with Crippen LogP contribution in [0.4, 0.5) is 5.69 Å². The standard InChI is InChI=1S/C21H21N3O3S/c1-14-4-7-16(8-5-14)22-20(25)13-28-21-11-9-17(23-24-21)15-6-10-18(26-2)19(12-15)27-3/h4-12H,13H2,1-3H3,(H,22,25). The van der Waals surface area contributed by atoms with Crippen LogP contribution in [0.1, 0.15) is 5.56 Å². The van der Waals surface area contributed by atoms with E-state index < -0.39 is 0 Å². The molecule has 28 heavy (non-hydrogen) atoms. The molecule has 0 saturated carbocycles. The Hall–Kier alpha value is -3.06. The lowest BCUT2D eigenvalue weighted by Gasteiger charge is -2.09. The predicted octanol–water partition coefficient (Wildman–Crippen LogP) is 4.20. The van der Waals surface area contributed by atoms with Crippen LogP contribution < -0.4 is 14.8 Å². The van der Waals surface area contributed by atoms with Crippen molar-refractivity contribution in [1.82, 2.24) is 10.2 Å². The molecular formula is C21H21N3O3S. The Morgan fingerprint density at radius 2 is 1.71 bits per heavy atom. The van der Waals surface area contributed by atoms with Crippen molar-refractivity contribution in [2.45, 2.75) is 11.9 Å². The van der Waals surface area contributed by atoms with Crippen molar-refractivity contribution >= 4 is 23.4 Å². The summed E-state index contributed by atoms with van der Waals surface area (Å²) in [6.45, 7) is 2.01. The molecule has 6 nitrogen and oxygen atoms in total. The molecule has 0 radical (unpaired) electrons. The van der Waals surface area contributed by atoms with Crippen LogP contribution in [-0.4, -0.2) is 36.1 Å². The Labute approximate surface area is 168 Å². The lowest BCUT2D eigenvalue weighted by Crippen LogP contribution is -2.14. The topological polar surface area (TPSA) is 73.3 Å². The van der Waals surface area contributed by atoms with Gasteiger partial charge in [-0.3, -0.25) is 4.79 Å². The number of aryl methyl sites for hydroxylation is 1. The van der Waals surface area contributed by atoms with Crippen molar-refractivity contribution in [2.24, 2.45) is 0 Å². The summed E-state index contributed by atoms with van der Waals surface area (Å²) in [4.78, 5) is 12.1. The van der Waals surface area contributed by atoms with E-state index in [1.54, 1.807) is 14.2 Å². The Balaban J connectivity index is 1.60. The fourth-order valence-electron chi connectivity index (χ4n) is 2.52. The molecule has 3 rings (SSSR count). The third-order valence-electron chi connectivity index (χ3n) is 4.01. The molecule has 1 amide bonds. The minimum atomic E-state index is -0.0837. The van der Waals surface area contributed by atoms with E-state index in [0.29, 0.717) is 16.5 Å². The van der Waals surface area contributed by atoms with Gasteiger partial charge in [-0.1, -0.05) is 29.5 Å². The first-order chi connectivity index (χ1) is 13.6. The van der Waals surface area contributed by atoms with Crippen molar-refractivity contribution < 1.29 is 14.3 Å². The van der Waals surface area contributed by atoms with Crippen molar-refractivity contribution in [1.29, 1.82) is 0 Å². The SMILES string of the molecule is COc1ccc(-c2ccc(SCC(=O)Nc3ccc(C)cc3)nn2)cc1OC. The van der Waals surface area contributed by atoms with Crippen LogP contribution in [0.5, 0.6) is 11.5 Å². The van der Waals surface area contributed by atoms with Gasteiger partial charge in [-0.25, -0.2) is 0 Å². The summed E-state index contributed by atoms with van der Waals surface area (Å²) in [5, 5.41) is 12.0. The fourth-order valence-corrected chi connectivity index (χ4v) is 3.13. The van der Waals surface area contributed by atoms with Crippen LogP contribution in [0, 0.1) is 6.92 Å². The molecular weight excluding hydrogens is 374 g/mol. The van der Waals surface area contributed by atoms with Gasteiger partial charge in [0.2, 0.25) is 5.91 Å². The highest BCUT2D eigenvalue weighted by Gasteiger charge is 2.09. The summed E-state index contributed by atoms with van der Waals surface area (Å²) in [7, 11) is 3.19. The molecule has 1 heterocycles. The second kappa shape index (κ2) is 9.23. The van der Waals surface area contributed by atoms with Crippen LogP contribution >= 0.6 is 11.8 Å². The number of rotatable bonds is 7. The molecule has 7 heteroatoms. The number of aromatic nitrogens is 2. The molecule has 3 aromatic rings. The van der Waals surface area contributed by atoms with Crippen LogP contribution in [0.2, 0.25) is 0 Å². The van der Waals surface area contributed by atoms with Crippen molar-refractivity contribution in [3.63, 3.8) is 0 Å². The van der Waals surface area contributed by atoms with Crippen molar-refractivity contribution in [3.05, 3.63) is 60.2 Å². The van der Waals surface area contributed by atoms with Gasteiger partial charge in [0, 0.05) is 11.3 Å². The average Bonchev–Trinajstić information content (AvgIpc) is 2.73. The molecule has 1 aromatic heterocycles. The summed E-state index contributed by atoms with van der Waals surface area (Å²) < 4.78 is 10.6. The molecule has 2 aromatic carbocycles. The monoisotopic (exact) mass is 395 g/mol. The molecule has 0 atom stereocenters. The van der Waals surface area contributed by atoms with E-state index in [1.807, 2.05) is 61.5 Å². The summed E-state index contributed by atoms with van der Waals surface area (Å²) >= 11 is 1.34. The van der Waals surface area contributed by atoms with Gasteiger partial charge >= 0.3 is 0 Å². The first kappa shape index (κ1) is 19.7. The van der Waals surface area contributed by atoms with Gasteiger partial charge in [-0.15, -0.1) is 10.2 Å². The van der Waals surface area contributed by atoms with Gasteiger partial charge in [0.1, 0.15) is 5.03 Å². The van der Waals surface area contributed by atoms with Gasteiger partial charge < -0.3 is 14.8 Å². The Bertz CT molecular complexity index is 944. The minimum Gasteiger partial charge on any atom is -0.493 e. The number of carbonyl (C=O) groups excluding carboxylic acids is 1. The number of hydrogen-bond acceptors (Lipinski definition) is 6. The predicted molar refractivity (Wildman–Crippen MR) is 111 cm³/mol. The molecule has 0 bridgehead atoms. The van der Waals surface area contributed by atoms with E-state index in [0.717, 1.165) is 22.5 Å². The minimum absolute atomic E-state index is 0.0837. The Morgan fingerprint density at radius 3 is 2.36 bits per heavy atom. The van der Waals surface area contributed by atoms with E-state index in [4.69, 9.17) is 9.47 Å². The third kappa shape index (κ3) is 5.01.